The number of halogens is 2. The van der Waals surface area contributed by atoms with Crippen LogP contribution in [0.2, 0.25) is 10.0 Å². The van der Waals surface area contributed by atoms with Crippen molar-refractivity contribution in [3.63, 3.8) is 0 Å². The van der Waals surface area contributed by atoms with Crippen LogP contribution >= 0.6 is 23.2 Å². The fraction of sp³-hybridized carbons (Fsp3) is 0.364. The van der Waals surface area contributed by atoms with Gasteiger partial charge in [0.2, 0.25) is 21.8 Å². The monoisotopic (exact) mass is 515 g/mol. The molecule has 11 heteroatoms. The summed E-state index contributed by atoms with van der Waals surface area (Å²) < 4.78 is 29.6. The lowest BCUT2D eigenvalue weighted by Crippen LogP contribution is -2.50. The molecule has 2 aromatic carbocycles. The van der Waals surface area contributed by atoms with E-state index in [2.05, 4.69) is 5.32 Å². The average molecular weight is 516 g/mol. The van der Waals surface area contributed by atoms with Crippen molar-refractivity contribution in [1.82, 2.24) is 14.5 Å². The number of ether oxygens (including phenoxy) is 1. The molecular weight excluding hydrogens is 489 g/mol. The number of hydrogen-bond acceptors (Lipinski definition) is 5. The van der Waals surface area contributed by atoms with Crippen molar-refractivity contribution in [1.29, 1.82) is 0 Å². The molecule has 2 rings (SSSR count). The number of methoxy groups -OCH3 is 1. The molecule has 1 N–H and O–H groups in total. The second-order valence-corrected chi connectivity index (χ2v) is 10.5. The summed E-state index contributed by atoms with van der Waals surface area (Å²) in [6.45, 7) is 1.44. The first-order valence-corrected chi connectivity index (χ1v) is 12.6. The molecule has 0 aliphatic heterocycles. The average Bonchev–Trinajstić information content (AvgIpc) is 2.75. The molecule has 0 saturated heterocycles. The molecule has 0 fully saturated rings. The Kier molecular flexibility index (Phi) is 9.54. The number of amides is 2. The van der Waals surface area contributed by atoms with Gasteiger partial charge in [0.1, 0.15) is 11.8 Å². The van der Waals surface area contributed by atoms with Gasteiger partial charge in [0.05, 0.1) is 19.9 Å². The fourth-order valence-electron chi connectivity index (χ4n) is 2.90. The zero-order chi connectivity index (χ0) is 24.8. The highest BCUT2D eigenvalue weighted by Gasteiger charge is 2.28. The van der Waals surface area contributed by atoms with Crippen LogP contribution < -0.4 is 10.1 Å². The predicted molar refractivity (Wildman–Crippen MR) is 129 cm³/mol. The van der Waals surface area contributed by atoms with Crippen LogP contribution in [0.25, 0.3) is 0 Å². The third kappa shape index (κ3) is 7.89. The van der Waals surface area contributed by atoms with Gasteiger partial charge >= 0.3 is 0 Å². The summed E-state index contributed by atoms with van der Waals surface area (Å²) in [6, 6.07) is 11.1. The smallest absolute Gasteiger partial charge is 0.242 e. The summed E-state index contributed by atoms with van der Waals surface area (Å²) in [4.78, 5) is 27.2. The zero-order valence-electron chi connectivity index (χ0n) is 18.8. The quantitative estimate of drug-likeness (QED) is 0.524. The minimum atomic E-state index is -3.57. The Balaban J connectivity index is 2.19. The minimum absolute atomic E-state index is 0.108. The molecule has 1 atom stereocenters. The normalized spacial score (nSPS) is 12.3. The van der Waals surface area contributed by atoms with E-state index in [-0.39, 0.29) is 13.1 Å². The van der Waals surface area contributed by atoms with Crippen molar-refractivity contribution < 1.29 is 22.7 Å². The third-order valence-electron chi connectivity index (χ3n) is 5.07. The standard InChI is InChI=1S/C22H27Cl2N3O5S/c1-15(22(29)25-12-17-7-8-18(23)11-20(17)24)27(21(28)14-26(2)33(4,30)31)13-16-5-9-19(32-3)10-6-16/h5-11,15H,12-14H2,1-4H3,(H,25,29). The maximum Gasteiger partial charge on any atom is 0.242 e. The van der Waals surface area contributed by atoms with Crippen molar-refractivity contribution in [2.45, 2.75) is 26.1 Å². The molecule has 0 radical (unpaired) electrons. The van der Waals surface area contributed by atoms with Gasteiger partial charge in [0.15, 0.2) is 0 Å². The third-order valence-corrected chi connectivity index (χ3v) is 6.92. The minimum Gasteiger partial charge on any atom is -0.497 e. The molecule has 180 valence electrons. The SMILES string of the molecule is COc1ccc(CN(C(=O)CN(C)S(C)(=O)=O)C(C)C(=O)NCc2ccc(Cl)cc2Cl)cc1. The number of carbonyl (C=O) groups excluding carboxylic acids is 2. The van der Waals surface area contributed by atoms with E-state index in [9.17, 15) is 18.0 Å². The Morgan fingerprint density at radius 3 is 2.30 bits per heavy atom. The molecule has 0 bridgehead atoms. The van der Waals surface area contributed by atoms with Crippen LogP contribution in [0, 0.1) is 0 Å². The first kappa shape index (κ1) is 26.9. The van der Waals surface area contributed by atoms with Gasteiger partial charge in [-0.25, -0.2) is 8.42 Å². The first-order valence-electron chi connectivity index (χ1n) is 9.97. The lowest BCUT2D eigenvalue weighted by Gasteiger charge is -2.30. The van der Waals surface area contributed by atoms with Crippen LogP contribution in [-0.4, -0.2) is 62.4 Å². The zero-order valence-corrected chi connectivity index (χ0v) is 21.2. The summed E-state index contributed by atoms with van der Waals surface area (Å²) in [5, 5.41) is 3.66. The maximum absolute atomic E-state index is 13.0. The molecule has 0 aliphatic rings. The second-order valence-electron chi connectivity index (χ2n) is 7.52. The van der Waals surface area contributed by atoms with Crippen molar-refractivity contribution in [3.05, 3.63) is 63.6 Å². The number of benzene rings is 2. The van der Waals surface area contributed by atoms with Crippen LogP contribution in [0.1, 0.15) is 18.1 Å². The fourth-order valence-corrected chi connectivity index (χ4v) is 3.72. The van der Waals surface area contributed by atoms with Gasteiger partial charge in [0.25, 0.3) is 0 Å². The molecule has 2 amide bonds. The van der Waals surface area contributed by atoms with E-state index in [1.807, 2.05) is 0 Å². The van der Waals surface area contributed by atoms with E-state index in [1.165, 1.54) is 11.9 Å². The number of nitrogens with zero attached hydrogens (tertiary/aromatic N) is 2. The van der Waals surface area contributed by atoms with Gasteiger partial charge in [0, 0.05) is 30.2 Å². The molecule has 33 heavy (non-hydrogen) atoms. The Bertz CT molecular complexity index is 1090. The van der Waals surface area contributed by atoms with Crippen LogP contribution in [0.5, 0.6) is 5.75 Å². The van der Waals surface area contributed by atoms with Gasteiger partial charge in [-0.05, 0) is 42.3 Å². The number of rotatable bonds is 10. The van der Waals surface area contributed by atoms with Crippen molar-refractivity contribution >= 4 is 45.0 Å². The van der Waals surface area contributed by atoms with Crippen molar-refractivity contribution in [3.8, 4) is 5.75 Å². The van der Waals surface area contributed by atoms with Crippen LogP contribution in [0.3, 0.4) is 0 Å². The second kappa shape index (κ2) is 11.7. The summed E-state index contributed by atoms with van der Waals surface area (Å²) >= 11 is 12.1. The summed E-state index contributed by atoms with van der Waals surface area (Å²) in [6.07, 6.45) is 1.01. The molecule has 0 aliphatic carbocycles. The molecule has 0 heterocycles. The van der Waals surface area contributed by atoms with Gasteiger partial charge in [-0.1, -0.05) is 41.4 Å². The largest absolute Gasteiger partial charge is 0.497 e. The van der Waals surface area contributed by atoms with Crippen LogP contribution in [0.15, 0.2) is 42.5 Å². The lowest BCUT2D eigenvalue weighted by molar-refractivity contribution is -0.140. The number of carbonyl (C=O) groups is 2. The molecule has 1 unspecified atom stereocenters. The Hall–Kier alpha value is -2.33. The first-order chi connectivity index (χ1) is 15.4. The number of hydrogen-bond donors (Lipinski definition) is 1. The maximum atomic E-state index is 13.0. The molecule has 0 aromatic heterocycles. The summed E-state index contributed by atoms with van der Waals surface area (Å²) in [5.74, 6) is -0.269. The Morgan fingerprint density at radius 2 is 1.76 bits per heavy atom. The molecular formula is C22H27Cl2N3O5S. The summed E-state index contributed by atoms with van der Waals surface area (Å²) in [5.41, 5.74) is 1.43. The van der Waals surface area contributed by atoms with E-state index in [1.54, 1.807) is 56.5 Å². The van der Waals surface area contributed by atoms with Gasteiger partial charge < -0.3 is 15.0 Å². The van der Waals surface area contributed by atoms with E-state index in [0.717, 1.165) is 16.1 Å². The predicted octanol–water partition coefficient (Wildman–Crippen LogP) is 2.93. The van der Waals surface area contributed by atoms with Gasteiger partial charge in [-0.15, -0.1) is 0 Å². The van der Waals surface area contributed by atoms with Gasteiger partial charge in [-0.3, -0.25) is 9.59 Å². The lowest BCUT2D eigenvalue weighted by atomic mass is 10.1. The van der Waals surface area contributed by atoms with Crippen molar-refractivity contribution in [2.24, 2.45) is 0 Å². The van der Waals surface area contributed by atoms with E-state index >= 15 is 0 Å². The highest BCUT2D eigenvalue weighted by atomic mass is 35.5. The number of likely N-dealkylation sites (N-methyl/N-ethyl adjacent to an activating group) is 1. The Morgan fingerprint density at radius 1 is 1.12 bits per heavy atom. The molecule has 0 spiro atoms. The Labute approximate surface area is 204 Å². The van der Waals surface area contributed by atoms with E-state index < -0.39 is 34.4 Å². The topological polar surface area (TPSA) is 96.0 Å². The molecule has 8 nitrogen and oxygen atoms in total. The number of nitrogens with one attached hydrogen (secondary N) is 1. The van der Waals surface area contributed by atoms with E-state index in [0.29, 0.717) is 21.4 Å². The highest BCUT2D eigenvalue weighted by molar-refractivity contribution is 7.88. The summed E-state index contributed by atoms with van der Waals surface area (Å²) in [7, 11) is -0.712. The van der Waals surface area contributed by atoms with Crippen molar-refractivity contribution in [2.75, 3.05) is 27.0 Å². The molecule has 2 aromatic rings. The highest BCUT2D eigenvalue weighted by Crippen LogP contribution is 2.21. The van der Waals surface area contributed by atoms with Gasteiger partial charge in [-0.2, -0.15) is 4.31 Å². The van der Waals surface area contributed by atoms with E-state index in [4.69, 9.17) is 27.9 Å². The van der Waals surface area contributed by atoms with Crippen LogP contribution in [0.4, 0.5) is 0 Å². The molecule has 0 saturated carbocycles. The number of sulfonamides is 1. The van der Waals surface area contributed by atoms with Crippen LogP contribution in [-0.2, 0) is 32.7 Å².